The first kappa shape index (κ1) is 24.3. The van der Waals surface area contributed by atoms with Crippen LogP contribution in [0.5, 0.6) is 0 Å². The molecule has 0 spiro atoms. The molecule has 2 aliphatic heterocycles. The number of aliphatic imine (C=N–C) groups is 2. The van der Waals surface area contributed by atoms with Crippen LogP contribution < -0.4 is 10.8 Å². The van der Waals surface area contributed by atoms with Crippen LogP contribution in [0.15, 0.2) is 69.2 Å². The maximum Gasteiger partial charge on any atom is 0.180 e. The SMILES string of the molecule is CNCc1ccc(C2C=C(C3N=C(c4ccc(S(=O)(=O)C(C)C)cc4)C=NC3C)ON2)c(F)c1. The van der Waals surface area contributed by atoms with Gasteiger partial charge in [-0.05, 0) is 57.7 Å². The van der Waals surface area contributed by atoms with E-state index in [0.29, 0.717) is 23.6 Å². The van der Waals surface area contributed by atoms with Gasteiger partial charge in [-0.2, -0.15) is 0 Å². The second-order valence-electron chi connectivity index (χ2n) is 8.75. The van der Waals surface area contributed by atoms with Gasteiger partial charge in [0.2, 0.25) is 0 Å². The van der Waals surface area contributed by atoms with Gasteiger partial charge in [0.1, 0.15) is 17.6 Å². The van der Waals surface area contributed by atoms with Crippen molar-refractivity contribution in [3.63, 3.8) is 0 Å². The molecule has 0 saturated heterocycles. The normalized spacial score (nSPS) is 22.5. The van der Waals surface area contributed by atoms with E-state index in [0.717, 1.165) is 11.1 Å². The van der Waals surface area contributed by atoms with Crippen molar-refractivity contribution in [2.45, 2.75) is 55.6 Å². The number of rotatable bonds is 7. The largest absolute Gasteiger partial charge is 0.410 e. The molecular weight excluding hydrogens is 455 g/mol. The fraction of sp³-hybridized carbons (Fsp3) is 0.360. The third kappa shape index (κ3) is 4.82. The number of sulfone groups is 1. The molecular formula is C25H29FN4O3S. The lowest BCUT2D eigenvalue weighted by molar-refractivity contribution is 0.102. The van der Waals surface area contributed by atoms with E-state index in [4.69, 9.17) is 9.83 Å². The van der Waals surface area contributed by atoms with E-state index in [-0.39, 0.29) is 22.8 Å². The van der Waals surface area contributed by atoms with E-state index in [1.54, 1.807) is 50.4 Å². The Morgan fingerprint density at radius 3 is 2.56 bits per heavy atom. The lowest BCUT2D eigenvalue weighted by Crippen LogP contribution is -2.29. The highest BCUT2D eigenvalue weighted by Crippen LogP contribution is 2.30. The number of hydrogen-bond donors (Lipinski definition) is 2. The Labute approximate surface area is 199 Å². The standard InChI is InChI=1S/C25H29FN4O3S/c1-15(2)34(31,32)19-8-6-18(7-9-19)23-14-28-16(3)25(29-23)24-12-22(30-33-24)20-10-5-17(13-27-4)11-21(20)26/h5-12,14-16,22,25,27,30H,13H2,1-4H3. The molecule has 34 heavy (non-hydrogen) atoms. The summed E-state index contributed by atoms with van der Waals surface area (Å²) >= 11 is 0. The molecule has 0 radical (unpaired) electrons. The smallest absolute Gasteiger partial charge is 0.180 e. The molecule has 0 amide bonds. The lowest BCUT2D eigenvalue weighted by atomic mass is 10.0. The molecule has 2 N–H and O–H groups in total. The van der Waals surface area contributed by atoms with E-state index in [1.807, 2.05) is 26.1 Å². The third-order valence-corrected chi connectivity index (χ3v) is 8.14. The first-order chi connectivity index (χ1) is 16.2. The van der Waals surface area contributed by atoms with Crippen LogP contribution in [0.1, 0.15) is 43.5 Å². The Bertz CT molecular complexity index is 1250. The number of hydroxylamine groups is 1. The van der Waals surface area contributed by atoms with Crippen molar-refractivity contribution < 1.29 is 17.6 Å². The van der Waals surface area contributed by atoms with Crippen LogP contribution in [-0.4, -0.2) is 44.7 Å². The minimum Gasteiger partial charge on any atom is -0.410 e. The van der Waals surface area contributed by atoms with Crippen LogP contribution in [0.4, 0.5) is 4.39 Å². The first-order valence-electron chi connectivity index (χ1n) is 11.2. The van der Waals surface area contributed by atoms with Gasteiger partial charge in [-0.15, -0.1) is 5.48 Å². The Morgan fingerprint density at radius 2 is 1.91 bits per heavy atom. The Balaban J connectivity index is 1.57. The molecule has 2 aromatic rings. The maximum absolute atomic E-state index is 14.7. The van der Waals surface area contributed by atoms with Crippen molar-refractivity contribution in [3.05, 3.63) is 76.8 Å². The summed E-state index contributed by atoms with van der Waals surface area (Å²) in [6, 6.07) is 10.8. The fourth-order valence-corrected chi connectivity index (χ4v) is 4.97. The van der Waals surface area contributed by atoms with Gasteiger partial charge in [0.05, 0.1) is 27.9 Å². The Hall–Kier alpha value is -2.88. The zero-order chi connectivity index (χ0) is 24.5. The monoisotopic (exact) mass is 484 g/mol. The summed E-state index contributed by atoms with van der Waals surface area (Å²) in [4.78, 5) is 15.4. The highest BCUT2D eigenvalue weighted by Gasteiger charge is 2.32. The van der Waals surface area contributed by atoms with Crippen molar-refractivity contribution in [1.82, 2.24) is 10.8 Å². The van der Waals surface area contributed by atoms with Crippen LogP contribution in [0, 0.1) is 5.82 Å². The Kier molecular flexibility index (Phi) is 6.97. The summed E-state index contributed by atoms with van der Waals surface area (Å²) in [5, 5.41) is 2.52. The predicted molar refractivity (Wildman–Crippen MR) is 131 cm³/mol. The summed E-state index contributed by atoms with van der Waals surface area (Å²) in [7, 11) is -1.53. The van der Waals surface area contributed by atoms with Crippen LogP contribution in [-0.2, 0) is 21.2 Å². The van der Waals surface area contributed by atoms with E-state index >= 15 is 0 Å². The average Bonchev–Trinajstić information content (AvgIpc) is 3.29. The summed E-state index contributed by atoms with van der Waals surface area (Å²) in [6.45, 7) is 5.84. The molecule has 3 atom stereocenters. The maximum atomic E-state index is 14.7. The minimum absolute atomic E-state index is 0.168. The summed E-state index contributed by atoms with van der Waals surface area (Å²) in [5.74, 6) is 0.270. The molecule has 2 heterocycles. The van der Waals surface area contributed by atoms with E-state index < -0.39 is 21.1 Å². The summed E-state index contributed by atoms with van der Waals surface area (Å²) in [5.41, 5.74) is 5.64. The van der Waals surface area contributed by atoms with Gasteiger partial charge >= 0.3 is 0 Å². The molecule has 180 valence electrons. The lowest BCUT2D eigenvalue weighted by Gasteiger charge is -2.22. The number of nitrogens with one attached hydrogen (secondary N) is 2. The van der Waals surface area contributed by atoms with Gasteiger partial charge < -0.3 is 10.2 Å². The highest BCUT2D eigenvalue weighted by molar-refractivity contribution is 7.92. The zero-order valence-electron chi connectivity index (χ0n) is 19.6. The van der Waals surface area contributed by atoms with Gasteiger partial charge in [-0.1, -0.05) is 24.3 Å². The van der Waals surface area contributed by atoms with E-state index in [1.165, 1.54) is 6.07 Å². The molecule has 0 saturated carbocycles. The molecule has 9 heteroatoms. The van der Waals surface area contributed by atoms with Gasteiger partial charge in [0, 0.05) is 23.9 Å². The van der Waals surface area contributed by atoms with Crippen molar-refractivity contribution in [2.75, 3.05) is 7.05 Å². The summed E-state index contributed by atoms with van der Waals surface area (Å²) in [6.07, 6.45) is 3.52. The van der Waals surface area contributed by atoms with Crippen molar-refractivity contribution in [1.29, 1.82) is 0 Å². The topological polar surface area (TPSA) is 92.2 Å². The third-order valence-electron chi connectivity index (χ3n) is 5.97. The molecule has 3 unspecified atom stereocenters. The molecule has 7 nitrogen and oxygen atoms in total. The fourth-order valence-electron chi connectivity index (χ4n) is 3.91. The second-order valence-corrected chi connectivity index (χ2v) is 11.3. The highest BCUT2D eigenvalue weighted by atomic mass is 32.2. The molecule has 2 aliphatic rings. The predicted octanol–water partition coefficient (Wildman–Crippen LogP) is 3.52. The van der Waals surface area contributed by atoms with Crippen LogP contribution >= 0.6 is 0 Å². The van der Waals surface area contributed by atoms with Gasteiger partial charge in [-0.25, -0.2) is 12.8 Å². The van der Waals surface area contributed by atoms with Crippen LogP contribution in [0.25, 0.3) is 0 Å². The number of halogens is 1. The Morgan fingerprint density at radius 1 is 1.18 bits per heavy atom. The molecule has 4 rings (SSSR count). The number of hydrogen-bond acceptors (Lipinski definition) is 7. The average molecular weight is 485 g/mol. The minimum atomic E-state index is -3.34. The molecule has 2 aromatic carbocycles. The van der Waals surface area contributed by atoms with Gasteiger partial charge in [0.15, 0.2) is 9.84 Å². The number of nitrogens with zero attached hydrogens (tertiary/aromatic N) is 2. The summed E-state index contributed by atoms with van der Waals surface area (Å²) < 4.78 is 39.5. The molecule has 0 bridgehead atoms. The molecule has 0 fully saturated rings. The first-order valence-corrected chi connectivity index (χ1v) is 12.8. The number of benzene rings is 2. The van der Waals surface area contributed by atoms with Crippen molar-refractivity contribution >= 4 is 21.8 Å². The molecule has 0 aliphatic carbocycles. The van der Waals surface area contributed by atoms with Crippen LogP contribution in [0.2, 0.25) is 0 Å². The van der Waals surface area contributed by atoms with Gasteiger partial charge in [0.25, 0.3) is 0 Å². The van der Waals surface area contributed by atoms with E-state index in [2.05, 4.69) is 15.8 Å². The second kappa shape index (κ2) is 9.77. The van der Waals surface area contributed by atoms with Gasteiger partial charge in [-0.3, -0.25) is 9.98 Å². The van der Waals surface area contributed by atoms with Crippen molar-refractivity contribution in [3.8, 4) is 0 Å². The van der Waals surface area contributed by atoms with Crippen LogP contribution in [0.3, 0.4) is 0 Å². The zero-order valence-corrected chi connectivity index (χ0v) is 20.4. The molecule has 0 aromatic heterocycles. The van der Waals surface area contributed by atoms with Crippen molar-refractivity contribution in [2.24, 2.45) is 9.98 Å². The van der Waals surface area contributed by atoms with E-state index in [9.17, 15) is 12.8 Å². The quantitative estimate of drug-likeness (QED) is 0.628.